The second kappa shape index (κ2) is 7.17. The van der Waals surface area contributed by atoms with Crippen molar-refractivity contribution < 1.29 is 14.4 Å². The van der Waals surface area contributed by atoms with Gasteiger partial charge in [-0.05, 0) is 55.6 Å². The summed E-state index contributed by atoms with van der Waals surface area (Å²) < 4.78 is 0. The lowest BCUT2D eigenvalue weighted by Crippen LogP contribution is -2.52. The highest BCUT2D eigenvalue weighted by atomic mass is 16.2. The number of imide groups is 1. The van der Waals surface area contributed by atoms with Gasteiger partial charge >= 0.3 is 0 Å². The van der Waals surface area contributed by atoms with Crippen LogP contribution in [0.15, 0.2) is 18.2 Å². The number of nitrogens with one attached hydrogen (secondary N) is 3. The number of rotatable bonds is 5. The van der Waals surface area contributed by atoms with Crippen LogP contribution in [0.1, 0.15) is 40.7 Å². The van der Waals surface area contributed by atoms with Crippen LogP contribution in [0.3, 0.4) is 0 Å². The third kappa shape index (κ3) is 3.24. The van der Waals surface area contributed by atoms with E-state index < -0.39 is 6.04 Å². The molecule has 1 aromatic carbocycles. The van der Waals surface area contributed by atoms with E-state index >= 15 is 0 Å². The van der Waals surface area contributed by atoms with E-state index in [1.807, 2.05) is 18.2 Å². The lowest BCUT2D eigenvalue weighted by molar-refractivity contribution is -0.136. The average Bonchev–Trinajstić information content (AvgIpc) is 3.24. The number of amides is 3. The zero-order valence-corrected chi connectivity index (χ0v) is 14.7. The first-order valence-electron chi connectivity index (χ1n) is 9.30. The minimum absolute atomic E-state index is 0.114. The third-order valence-corrected chi connectivity index (χ3v) is 5.59. The number of piperidine rings is 1. The van der Waals surface area contributed by atoms with Crippen molar-refractivity contribution in [3.63, 3.8) is 0 Å². The molecule has 26 heavy (non-hydrogen) atoms. The van der Waals surface area contributed by atoms with Gasteiger partial charge in [0.25, 0.3) is 5.91 Å². The molecule has 0 radical (unpaired) electrons. The van der Waals surface area contributed by atoms with Gasteiger partial charge in [0.05, 0.1) is 0 Å². The van der Waals surface area contributed by atoms with Gasteiger partial charge in [0.15, 0.2) is 0 Å². The normalized spacial score (nSPS) is 25.5. The van der Waals surface area contributed by atoms with Crippen LogP contribution >= 0.6 is 0 Å². The van der Waals surface area contributed by atoms with E-state index in [-0.39, 0.29) is 24.1 Å². The summed E-state index contributed by atoms with van der Waals surface area (Å²) in [4.78, 5) is 37.9. The predicted octanol–water partition coefficient (Wildman–Crippen LogP) is 0.147. The van der Waals surface area contributed by atoms with Crippen molar-refractivity contribution in [1.82, 2.24) is 20.9 Å². The van der Waals surface area contributed by atoms with Gasteiger partial charge in [0.1, 0.15) is 6.04 Å². The van der Waals surface area contributed by atoms with Crippen LogP contribution in [0.5, 0.6) is 0 Å². The second-order valence-corrected chi connectivity index (χ2v) is 7.33. The summed E-state index contributed by atoms with van der Waals surface area (Å²) in [6.07, 6.45) is 1.87. The van der Waals surface area contributed by atoms with E-state index in [0.29, 0.717) is 24.4 Å². The smallest absolute Gasteiger partial charge is 0.255 e. The van der Waals surface area contributed by atoms with E-state index in [1.54, 1.807) is 4.90 Å². The zero-order valence-electron chi connectivity index (χ0n) is 14.7. The maximum absolute atomic E-state index is 12.8. The highest BCUT2D eigenvalue weighted by molar-refractivity contribution is 6.05. The number of hydrogen-bond donors (Lipinski definition) is 3. The molecule has 2 fully saturated rings. The summed E-state index contributed by atoms with van der Waals surface area (Å²) in [6, 6.07) is 5.21. The molecule has 7 nitrogen and oxygen atoms in total. The fourth-order valence-electron chi connectivity index (χ4n) is 4.12. The van der Waals surface area contributed by atoms with Crippen molar-refractivity contribution in [2.45, 2.75) is 38.4 Å². The second-order valence-electron chi connectivity index (χ2n) is 7.33. The summed E-state index contributed by atoms with van der Waals surface area (Å²) in [6.45, 7) is 4.26. The van der Waals surface area contributed by atoms with Crippen molar-refractivity contribution in [1.29, 1.82) is 0 Å². The summed E-state index contributed by atoms with van der Waals surface area (Å²) >= 11 is 0. The molecule has 3 heterocycles. The zero-order chi connectivity index (χ0) is 18.1. The van der Waals surface area contributed by atoms with Crippen LogP contribution in [0.2, 0.25) is 0 Å². The molecule has 7 heteroatoms. The van der Waals surface area contributed by atoms with Crippen molar-refractivity contribution in [2.75, 3.05) is 19.6 Å². The maximum atomic E-state index is 12.8. The first-order valence-corrected chi connectivity index (χ1v) is 9.30. The average molecular weight is 356 g/mol. The van der Waals surface area contributed by atoms with Gasteiger partial charge in [-0.1, -0.05) is 12.1 Å². The molecule has 0 aliphatic carbocycles. The number of nitrogens with zero attached hydrogens (tertiary/aromatic N) is 1. The van der Waals surface area contributed by atoms with Gasteiger partial charge in [0.2, 0.25) is 11.8 Å². The predicted molar refractivity (Wildman–Crippen MR) is 95.2 cm³/mol. The Bertz CT molecular complexity index is 742. The summed E-state index contributed by atoms with van der Waals surface area (Å²) in [5, 5.41) is 9.21. The minimum Gasteiger partial charge on any atom is -0.322 e. The van der Waals surface area contributed by atoms with E-state index in [4.69, 9.17) is 0 Å². The van der Waals surface area contributed by atoms with Crippen molar-refractivity contribution in [2.24, 2.45) is 5.92 Å². The quantitative estimate of drug-likeness (QED) is 0.653. The van der Waals surface area contributed by atoms with E-state index in [0.717, 1.165) is 37.3 Å². The van der Waals surface area contributed by atoms with Gasteiger partial charge in [-0.25, -0.2) is 0 Å². The van der Waals surface area contributed by atoms with E-state index in [9.17, 15) is 14.4 Å². The largest absolute Gasteiger partial charge is 0.322 e. The third-order valence-electron chi connectivity index (χ3n) is 5.59. The minimum atomic E-state index is -0.557. The lowest BCUT2D eigenvalue weighted by atomic mass is 10.0. The molecular formula is C19H24N4O3. The number of carbonyl (C=O) groups is 3. The Balaban J connectivity index is 1.45. The molecule has 4 rings (SSSR count). The number of benzene rings is 1. The Morgan fingerprint density at radius 3 is 2.85 bits per heavy atom. The molecule has 1 aromatic rings. The fraction of sp³-hybridized carbons (Fsp3) is 0.526. The van der Waals surface area contributed by atoms with Crippen LogP contribution in [0.4, 0.5) is 0 Å². The topological polar surface area (TPSA) is 90.5 Å². The number of fused-ring (bicyclic) bond motifs is 1. The molecule has 3 aliphatic rings. The molecule has 0 aromatic heterocycles. The van der Waals surface area contributed by atoms with Crippen LogP contribution in [-0.2, 0) is 22.7 Å². The fourth-order valence-corrected chi connectivity index (χ4v) is 4.12. The molecule has 3 amide bonds. The first kappa shape index (κ1) is 17.2. The molecule has 3 aliphatic heterocycles. The van der Waals surface area contributed by atoms with Gasteiger partial charge in [0, 0.05) is 25.1 Å². The Morgan fingerprint density at radius 2 is 2.08 bits per heavy atom. The van der Waals surface area contributed by atoms with Gasteiger partial charge in [-0.3, -0.25) is 19.7 Å². The molecular weight excluding hydrogens is 332 g/mol. The molecule has 138 valence electrons. The Labute approximate surface area is 152 Å². The van der Waals surface area contributed by atoms with Gasteiger partial charge in [-0.2, -0.15) is 0 Å². The Morgan fingerprint density at radius 1 is 1.19 bits per heavy atom. The number of hydrogen-bond acceptors (Lipinski definition) is 5. The highest BCUT2D eigenvalue weighted by Gasteiger charge is 2.39. The van der Waals surface area contributed by atoms with Crippen LogP contribution < -0.4 is 16.0 Å². The molecule has 2 unspecified atom stereocenters. The first-order chi connectivity index (χ1) is 12.6. The SMILES string of the molecule is O=C1CCC(N2Cc3c(CNCC4CCNC4)cccc3C2=O)C(=O)N1. The van der Waals surface area contributed by atoms with Crippen LogP contribution in [-0.4, -0.2) is 48.3 Å². The van der Waals surface area contributed by atoms with Gasteiger partial charge in [-0.15, -0.1) is 0 Å². The van der Waals surface area contributed by atoms with E-state index in [1.165, 1.54) is 6.42 Å². The van der Waals surface area contributed by atoms with Crippen LogP contribution in [0, 0.1) is 5.92 Å². The lowest BCUT2D eigenvalue weighted by Gasteiger charge is -2.29. The van der Waals surface area contributed by atoms with Crippen molar-refractivity contribution in [3.8, 4) is 0 Å². The monoisotopic (exact) mass is 356 g/mol. The molecule has 2 atom stereocenters. The van der Waals surface area contributed by atoms with Crippen molar-refractivity contribution in [3.05, 3.63) is 34.9 Å². The highest BCUT2D eigenvalue weighted by Crippen LogP contribution is 2.29. The van der Waals surface area contributed by atoms with Crippen LogP contribution in [0.25, 0.3) is 0 Å². The summed E-state index contributed by atoms with van der Waals surface area (Å²) in [7, 11) is 0. The Kier molecular flexibility index (Phi) is 4.74. The number of carbonyl (C=O) groups excluding carboxylic acids is 3. The van der Waals surface area contributed by atoms with E-state index in [2.05, 4.69) is 16.0 Å². The maximum Gasteiger partial charge on any atom is 0.255 e. The molecule has 0 spiro atoms. The molecule has 3 N–H and O–H groups in total. The summed E-state index contributed by atoms with van der Waals surface area (Å²) in [5.41, 5.74) is 2.78. The summed E-state index contributed by atoms with van der Waals surface area (Å²) in [5.74, 6) is -0.0813. The molecule has 0 bridgehead atoms. The Hall–Kier alpha value is -2.25. The van der Waals surface area contributed by atoms with Gasteiger partial charge < -0.3 is 15.5 Å². The standard InChI is InChI=1S/C19H24N4O3/c24-17-5-4-16(18(25)22-17)23-11-15-13(2-1-3-14(15)19(23)26)10-21-9-12-6-7-20-8-12/h1-3,12,16,20-21H,4-11H2,(H,22,24,25). The molecule has 2 saturated heterocycles. The van der Waals surface area contributed by atoms with Crippen molar-refractivity contribution >= 4 is 17.7 Å². The molecule has 0 saturated carbocycles.